The number of aliphatic carboxylic acids is 1. The number of phosphoric acid groups is 1. The summed E-state index contributed by atoms with van der Waals surface area (Å²) >= 11 is 0. The molecule has 1 heterocycles. The quantitative estimate of drug-likeness (QED) is 0.0160. The lowest BCUT2D eigenvalue weighted by Crippen LogP contribution is -2.68. The first-order chi connectivity index (χ1) is 35.6. The molecule has 0 spiro atoms. The van der Waals surface area contributed by atoms with E-state index in [1.807, 2.05) is 0 Å². The topological polar surface area (TPSA) is 286 Å². The van der Waals surface area contributed by atoms with E-state index in [0.717, 1.165) is 45.4 Å². The van der Waals surface area contributed by atoms with Gasteiger partial charge < -0.3 is 60.0 Å². The normalized spacial score (nSPS) is 19.9. The number of hydrogen-bond donors (Lipinski definition) is 8. The zero-order valence-electron chi connectivity index (χ0n) is 45.9. The Morgan fingerprint density at radius 1 is 0.649 bits per heavy atom. The van der Waals surface area contributed by atoms with Crippen LogP contribution in [0.25, 0.3) is 0 Å². The molecular weight excluding hydrogens is 980 g/mol. The van der Waals surface area contributed by atoms with E-state index in [0.29, 0.717) is 12.8 Å². The highest BCUT2D eigenvalue weighted by molar-refractivity contribution is 7.47. The second kappa shape index (κ2) is 44.7. The summed E-state index contributed by atoms with van der Waals surface area (Å²) in [5.41, 5.74) is 0. The van der Waals surface area contributed by atoms with Crippen LogP contribution in [0.1, 0.15) is 233 Å². The fourth-order valence-electron chi connectivity index (χ4n) is 9.04. The lowest BCUT2D eigenvalue weighted by molar-refractivity contribution is -0.310. The zero-order valence-corrected chi connectivity index (χ0v) is 46.8. The maximum absolute atomic E-state index is 12.9. The largest absolute Gasteiger partial charge is 0.477 e. The molecule has 8 N–H and O–H groups in total. The number of carboxylic acid groups (broad SMARTS) is 1. The number of carbonyl (C=O) groups is 4. The average molecular weight is 1080 g/mol. The summed E-state index contributed by atoms with van der Waals surface area (Å²) in [6, 6.07) is -1.35. The van der Waals surface area contributed by atoms with Gasteiger partial charge in [0.2, 0.25) is 5.91 Å². The van der Waals surface area contributed by atoms with Crippen LogP contribution in [-0.2, 0) is 51.7 Å². The monoisotopic (exact) mass is 1080 g/mol. The molecule has 1 aliphatic rings. The lowest BCUT2D eigenvalue weighted by atomic mass is 9.88. The maximum Gasteiger partial charge on any atom is 0.472 e. The Labute approximate surface area is 444 Å². The molecule has 1 amide bonds. The van der Waals surface area contributed by atoms with E-state index in [4.69, 9.17) is 28.0 Å². The zero-order chi connectivity index (χ0) is 54.7. The van der Waals surface area contributed by atoms with Crippen molar-refractivity contribution in [1.82, 2.24) is 10.6 Å². The van der Waals surface area contributed by atoms with E-state index < -0.39 is 93.6 Å². The highest BCUT2D eigenvalue weighted by atomic mass is 31.2. The minimum Gasteiger partial charge on any atom is -0.477 e. The molecule has 0 aromatic rings. The number of amides is 1. The second-order valence-corrected chi connectivity index (χ2v) is 21.7. The molecule has 0 radical (unpaired) electrons. The van der Waals surface area contributed by atoms with E-state index in [1.54, 1.807) is 0 Å². The Morgan fingerprint density at radius 3 is 1.51 bits per heavy atom. The molecule has 19 nitrogen and oxygen atoms in total. The standard InChI is InChI=1S/C54H103N2O17P/c1-4-6-8-10-12-14-16-18-20-22-24-26-28-30-32-34-48(61)68-42-45(72-49(62)35-33-31-29-27-25-23-21-19-17-15-13-11-9-7-5-2)43-71-74(66,67)70-39-37-55-36-38-69-54(53(64)65)40-46(59)50(56-44(3)58)52(73-54)51(63)47(60)41-57/h45-47,50-52,55,57,59-60,63H,4-43H2,1-3H3,(H,56,58)(H,64,65)(H,66,67)/t45-,46-,47+,50+,51+,52+,54+/m0/s1. The molecule has 1 aliphatic heterocycles. The van der Waals surface area contributed by atoms with Gasteiger partial charge in [0.05, 0.1) is 38.6 Å². The lowest BCUT2D eigenvalue weighted by Gasteiger charge is -2.46. The van der Waals surface area contributed by atoms with Gasteiger partial charge in [-0.15, -0.1) is 0 Å². The number of carboxylic acids is 1. The number of aliphatic hydroxyl groups excluding tert-OH is 4. The third-order valence-corrected chi connectivity index (χ3v) is 14.4. The average Bonchev–Trinajstić information content (AvgIpc) is 3.36. The van der Waals surface area contributed by atoms with Gasteiger partial charge in [0, 0.05) is 39.3 Å². The molecule has 0 bridgehead atoms. The number of rotatable bonds is 51. The minimum atomic E-state index is -4.71. The Kier molecular flexibility index (Phi) is 42.1. The van der Waals surface area contributed by atoms with Crippen LogP contribution < -0.4 is 10.6 Å². The first kappa shape index (κ1) is 69.7. The summed E-state index contributed by atoms with van der Waals surface area (Å²) in [7, 11) is -4.71. The van der Waals surface area contributed by atoms with Gasteiger partial charge in [0.1, 0.15) is 24.9 Å². The van der Waals surface area contributed by atoms with Crippen molar-refractivity contribution in [2.24, 2.45) is 0 Å². The summed E-state index contributed by atoms with van der Waals surface area (Å²) in [6.45, 7) is 2.91. The van der Waals surface area contributed by atoms with Gasteiger partial charge in [-0.2, -0.15) is 0 Å². The van der Waals surface area contributed by atoms with Crippen molar-refractivity contribution in [3.63, 3.8) is 0 Å². The minimum absolute atomic E-state index is 0.0515. The van der Waals surface area contributed by atoms with E-state index >= 15 is 0 Å². The van der Waals surface area contributed by atoms with Crippen LogP contribution in [-0.4, -0.2) is 143 Å². The molecular formula is C54H103N2O17P. The number of carbonyl (C=O) groups excluding carboxylic acids is 3. The van der Waals surface area contributed by atoms with Crippen LogP contribution in [0.5, 0.6) is 0 Å². The maximum atomic E-state index is 12.9. The number of aliphatic hydroxyl groups is 4. The molecule has 74 heavy (non-hydrogen) atoms. The van der Waals surface area contributed by atoms with Crippen molar-refractivity contribution >= 4 is 31.6 Å². The van der Waals surface area contributed by atoms with Gasteiger partial charge in [0.25, 0.3) is 5.79 Å². The summed E-state index contributed by atoms with van der Waals surface area (Å²) in [5.74, 6) is -5.82. The number of nitrogens with one attached hydrogen (secondary N) is 2. The Morgan fingerprint density at radius 2 is 1.08 bits per heavy atom. The molecule has 0 aromatic heterocycles. The van der Waals surface area contributed by atoms with Gasteiger partial charge in [-0.05, 0) is 12.8 Å². The fourth-order valence-corrected chi connectivity index (χ4v) is 9.79. The molecule has 0 saturated carbocycles. The van der Waals surface area contributed by atoms with Crippen molar-refractivity contribution < 1.29 is 82.2 Å². The third kappa shape index (κ3) is 35.2. The van der Waals surface area contributed by atoms with Gasteiger partial charge in [-0.25, -0.2) is 9.36 Å². The van der Waals surface area contributed by atoms with E-state index in [9.17, 15) is 54.2 Å². The van der Waals surface area contributed by atoms with E-state index in [1.165, 1.54) is 141 Å². The molecule has 436 valence electrons. The highest BCUT2D eigenvalue weighted by Crippen LogP contribution is 2.43. The SMILES string of the molecule is CCCCCCCCCCCCCCCCCC(=O)OC[C@@H](COP(=O)(O)OCCNCCO[C@]1(C(=O)O)C[C@H](O)[C@@H](NC(C)=O)[C@H]([C@H](O)[C@H](O)CO)O1)OC(=O)CCCCCCCCCCCCCCCCC. The van der Waals surface area contributed by atoms with Crippen molar-refractivity contribution in [2.75, 3.05) is 46.1 Å². The predicted octanol–water partition coefficient (Wildman–Crippen LogP) is 8.85. The Balaban J connectivity index is 2.57. The third-order valence-electron chi connectivity index (χ3n) is 13.5. The van der Waals surface area contributed by atoms with E-state index in [-0.39, 0.29) is 45.8 Å². The molecule has 1 rings (SSSR count). The van der Waals surface area contributed by atoms with Crippen LogP contribution in [0.2, 0.25) is 0 Å². The fraction of sp³-hybridized carbons (Fsp3) is 0.926. The predicted molar refractivity (Wildman–Crippen MR) is 283 cm³/mol. The van der Waals surface area contributed by atoms with Gasteiger partial charge in [-0.3, -0.25) is 23.4 Å². The molecule has 1 saturated heterocycles. The van der Waals surface area contributed by atoms with Crippen molar-refractivity contribution in [3.05, 3.63) is 0 Å². The molecule has 1 unspecified atom stereocenters. The van der Waals surface area contributed by atoms with E-state index in [2.05, 4.69) is 24.5 Å². The van der Waals surface area contributed by atoms with Gasteiger partial charge in [-0.1, -0.05) is 194 Å². The summed E-state index contributed by atoms with van der Waals surface area (Å²) < 4.78 is 45.2. The number of hydrogen-bond acceptors (Lipinski definition) is 16. The van der Waals surface area contributed by atoms with Gasteiger partial charge >= 0.3 is 25.7 Å². The smallest absolute Gasteiger partial charge is 0.472 e. The molecule has 8 atom stereocenters. The Bertz CT molecular complexity index is 1480. The van der Waals surface area contributed by atoms with Crippen LogP contribution >= 0.6 is 7.82 Å². The first-order valence-corrected chi connectivity index (χ1v) is 30.3. The van der Waals surface area contributed by atoms with Crippen LogP contribution in [0.3, 0.4) is 0 Å². The number of esters is 2. The molecule has 0 aliphatic carbocycles. The Hall–Kier alpha value is -2.29. The highest BCUT2D eigenvalue weighted by Gasteiger charge is 2.55. The van der Waals surface area contributed by atoms with Crippen LogP contribution in [0.15, 0.2) is 0 Å². The van der Waals surface area contributed by atoms with Crippen LogP contribution in [0, 0.1) is 0 Å². The van der Waals surface area contributed by atoms with Crippen LogP contribution in [0.4, 0.5) is 0 Å². The summed E-state index contributed by atoms with van der Waals surface area (Å²) in [5, 5.41) is 56.0. The number of ether oxygens (including phenoxy) is 4. The molecule has 0 aromatic carbocycles. The summed E-state index contributed by atoms with van der Waals surface area (Å²) in [4.78, 5) is 60.2. The second-order valence-electron chi connectivity index (χ2n) is 20.3. The van der Waals surface area contributed by atoms with Crippen molar-refractivity contribution in [1.29, 1.82) is 0 Å². The van der Waals surface area contributed by atoms with Crippen molar-refractivity contribution in [2.45, 2.75) is 275 Å². The number of unbranched alkanes of at least 4 members (excludes halogenated alkanes) is 28. The molecule has 1 fully saturated rings. The summed E-state index contributed by atoms with van der Waals surface area (Å²) in [6.07, 6.45) is 27.3. The van der Waals surface area contributed by atoms with Crippen molar-refractivity contribution in [3.8, 4) is 0 Å². The number of phosphoric ester groups is 1. The first-order valence-electron chi connectivity index (χ1n) is 28.8. The molecule has 20 heteroatoms. The van der Waals surface area contributed by atoms with Gasteiger partial charge in [0.15, 0.2) is 6.10 Å².